The van der Waals surface area contributed by atoms with Crippen LogP contribution in [-0.2, 0) is 13.5 Å². The van der Waals surface area contributed by atoms with E-state index >= 15 is 0 Å². The molecule has 2 aromatic rings. The van der Waals surface area contributed by atoms with Crippen LogP contribution in [0.3, 0.4) is 0 Å². The first-order valence-electron chi connectivity index (χ1n) is 6.01. The average Bonchev–Trinajstić information content (AvgIpc) is 2.83. The zero-order chi connectivity index (χ0) is 13.0. The van der Waals surface area contributed by atoms with Crippen LogP contribution in [0.25, 0.3) is 0 Å². The van der Waals surface area contributed by atoms with Crippen molar-refractivity contribution in [2.45, 2.75) is 12.5 Å². The highest BCUT2D eigenvalue weighted by atomic mass is 16.5. The fraction of sp³-hybridized carbons (Fsp3) is 0.357. The molecule has 0 spiro atoms. The topological polar surface area (TPSA) is 39.1 Å². The smallest absolute Gasteiger partial charge is 0.122 e. The molecule has 1 N–H and O–H groups in total. The van der Waals surface area contributed by atoms with Crippen molar-refractivity contribution in [2.24, 2.45) is 7.05 Å². The van der Waals surface area contributed by atoms with Crippen molar-refractivity contribution in [3.05, 3.63) is 48.0 Å². The van der Waals surface area contributed by atoms with Crippen LogP contribution in [0.15, 0.2) is 36.8 Å². The van der Waals surface area contributed by atoms with Gasteiger partial charge in [0.2, 0.25) is 0 Å². The minimum absolute atomic E-state index is 0.197. The minimum atomic E-state index is 0.197. The molecular weight excluding hydrogens is 226 g/mol. The molecule has 4 heteroatoms. The maximum Gasteiger partial charge on any atom is 0.122 e. The molecule has 1 aromatic heterocycles. The van der Waals surface area contributed by atoms with E-state index in [0.717, 1.165) is 17.9 Å². The van der Waals surface area contributed by atoms with Crippen molar-refractivity contribution in [3.63, 3.8) is 0 Å². The molecule has 0 aliphatic rings. The van der Waals surface area contributed by atoms with Crippen LogP contribution >= 0.6 is 0 Å². The molecule has 0 bridgehead atoms. The van der Waals surface area contributed by atoms with Gasteiger partial charge in [-0.15, -0.1) is 0 Å². The van der Waals surface area contributed by atoms with Crippen LogP contribution in [0.5, 0.6) is 5.75 Å². The second-order valence-electron chi connectivity index (χ2n) is 4.32. The molecule has 0 aliphatic carbocycles. The summed E-state index contributed by atoms with van der Waals surface area (Å²) in [5, 5.41) is 3.30. The van der Waals surface area contributed by atoms with Crippen molar-refractivity contribution in [1.29, 1.82) is 0 Å². The van der Waals surface area contributed by atoms with E-state index in [1.807, 2.05) is 49.4 Å². The van der Waals surface area contributed by atoms with E-state index in [1.54, 1.807) is 7.11 Å². The summed E-state index contributed by atoms with van der Waals surface area (Å²) in [6, 6.07) is 8.29. The SMILES string of the molecule is CNC(Cc1ccccc1OC)c1cn(C)cn1. The Morgan fingerprint density at radius 2 is 2.17 bits per heavy atom. The molecule has 1 aromatic carbocycles. The number of aromatic nitrogens is 2. The summed E-state index contributed by atoms with van der Waals surface area (Å²) in [5.41, 5.74) is 2.23. The van der Waals surface area contributed by atoms with E-state index in [2.05, 4.69) is 16.4 Å². The largest absolute Gasteiger partial charge is 0.496 e. The standard InChI is InChI=1S/C14H19N3O/c1-15-12(13-9-17(2)10-16-13)8-11-6-4-5-7-14(11)18-3/h4-7,9-10,12,15H,8H2,1-3H3. The number of methoxy groups -OCH3 is 1. The zero-order valence-corrected chi connectivity index (χ0v) is 11.1. The normalized spacial score (nSPS) is 12.4. The summed E-state index contributed by atoms with van der Waals surface area (Å²) >= 11 is 0. The minimum Gasteiger partial charge on any atom is -0.496 e. The van der Waals surface area contributed by atoms with Crippen molar-refractivity contribution in [2.75, 3.05) is 14.2 Å². The Kier molecular flexibility index (Phi) is 3.99. The van der Waals surface area contributed by atoms with E-state index in [1.165, 1.54) is 5.56 Å². The second-order valence-corrected chi connectivity index (χ2v) is 4.32. The van der Waals surface area contributed by atoms with Gasteiger partial charge in [0.05, 0.1) is 25.2 Å². The maximum absolute atomic E-state index is 5.38. The van der Waals surface area contributed by atoms with Gasteiger partial charge in [0.25, 0.3) is 0 Å². The number of rotatable bonds is 5. The summed E-state index contributed by atoms with van der Waals surface area (Å²) < 4.78 is 7.34. The second kappa shape index (κ2) is 5.69. The number of ether oxygens (including phenoxy) is 1. The van der Waals surface area contributed by atoms with Crippen molar-refractivity contribution < 1.29 is 4.74 Å². The van der Waals surface area contributed by atoms with Crippen molar-refractivity contribution in [3.8, 4) is 5.75 Å². The Morgan fingerprint density at radius 1 is 1.39 bits per heavy atom. The fourth-order valence-corrected chi connectivity index (χ4v) is 2.06. The lowest BCUT2D eigenvalue weighted by molar-refractivity contribution is 0.406. The molecular formula is C14H19N3O. The van der Waals surface area contributed by atoms with E-state index in [4.69, 9.17) is 4.74 Å². The Balaban J connectivity index is 2.20. The van der Waals surface area contributed by atoms with Gasteiger partial charge in [-0.3, -0.25) is 0 Å². The van der Waals surface area contributed by atoms with Crippen LogP contribution in [0, 0.1) is 0 Å². The summed E-state index contributed by atoms with van der Waals surface area (Å²) in [5.74, 6) is 0.925. The predicted octanol–water partition coefficient (Wildman–Crippen LogP) is 1.93. The average molecular weight is 245 g/mol. The van der Waals surface area contributed by atoms with E-state index in [0.29, 0.717) is 0 Å². The van der Waals surface area contributed by atoms with Crippen LogP contribution in [0.1, 0.15) is 17.3 Å². The molecule has 0 aliphatic heterocycles. The molecule has 0 fully saturated rings. The Labute approximate surface area is 108 Å². The molecule has 0 amide bonds. The first-order valence-corrected chi connectivity index (χ1v) is 6.01. The lowest BCUT2D eigenvalue weighted by Gasteiger charge is -2.15. The number of nitrogens with zero attached hydrogens (tertiary/aromatic N) is 2. The lowest BCUT2D eigenvalue weighted by Crippen LogP contribution is -2.19. The van der Waals surface area contributed by atoms with Crippen LogP contribution in [0.4, 0.5) is 0 Å². The fourth-order valence-electron chi connectivity index (χ4n) is 2.06. The molecule has 2 rings (SSSR count). The Bertz CT molecular complexity index is 507. The number of aryl methyl sites for hydroxylation is 1. The summed E-state index contributed by atoms with van der Waals surface area (Å²) in [7, 11) is 5.63. The molecule has 0 radical (unpaired) electrons. The Hall–Kier alpha value is -1.81. The van der Waals surface area contributed by atoms with Gasteiger partial charge in [-0.25, -0.2) is 4.98 Å². The molecule has 1 heterocycles. The highest BCUT2D eigenvalue weighted by Gasteiger charge is 2.14. The number of likely N-dealkylation sites (N-methyl/N-ethyl adjacent to an activating group) is 1. The first-order chi connectivity index (χ1) is 8.74. The molecule has 1 unspecified atom stereocenters. The number of imidazole rings is 1. The summed E-state index contributed by atoms with van der Waals surface area (Å²) in [4.78, 5) is 4.40. The van der Waals surface area contributed by atoms with Gasteiger partial charge >= 0.3 is 0 Å². The third-order valence-corrected chi connectivity index (χ3v) is 3.05. The molecule has 0 saturated heterocycles. The number of hydrogen-bond acceptors (Lipinski definition) is 3. The maximum atomic E-state index is 5.38. The van der Waals surface area contributed by atoms with Gasteiger partial charge in [-0.1, -0.05) is 18.2 Å². The monoisotopic (exact) mass is 245 g/mol. The van der Waals surface area contributed by atoms with Gasteiger partial charge in [0.1, 0.15) is 5.75 Å². The van der Waals surface area contributed by atoms with Crippen LogP contribution in [0.2, 0.25) is 0 Å². The van der Waals surface area contributed by atoms with Gasteiger partial charge in [0.15, 0.2) is 0 Å². The van der Waals surface area contributed by atoms with E-state index < -0.39 is 0 Å². The first kappa shape index (κ1) is 12.6. The molecule has 96 valence electrons. The predicted molar refractivity (Wildman–Crippen MR) is 71.7 cm³/mol. The van der Waals surface area contributed by atoms with Gasteiger partial charge in [-0.2, -0.15) is 0 Å². The van der Waals surface area contributed by atoms with Crippen LogP contribution < -0.4 is 10.1 Å². The zero-order valence-electron chi connectivity index (χ0n) is 11.1. The lowest BCUT2D eigenvalue weighted by atomic mass is 10.0. The van der Waals surface area contributed by atoms with Crippen molar-refractivity contribution >= 4 is 0 Å². The quantitative estimate of drug-likeness (QED) is 0.875. The van der Waals surface area contributed by atoms with Gasteiger partial charge < -0.3 is 14.6 Å². The third kappa shape index (κ3) is 2.71. The number of nitrogens with one attached hydrogen (secondary N) is 1. The van der Waals surface area contributed by atoms with Gasteiger partial charge in [-0.05, 0) is 25.1 Å². The number of benzene rings is 1. The summed E-state index contributed by atoms with van der Waals surface area (Å²) in [6.07, 6.45) is 4.72. The molecule has 0 saturated carbocycles. The third-order valence-electron chi connectivity index (χ3n) is 3.05. The molecule has 4 nitrogen and oxygen atoms in total. The highest BCUT2D eigenvalue weighted by Crippen LogP contribution is 2.23. The van der Waals surface area contributed by atoms with Crippen molar-refractivity contribution in [1.82, 2.24) is 14.9 Å². The number of para-hydroxylation sites is 1. The van der Waals surface area contributed by atoms with E-state index in [9.17, 15) is 0 Å². The molecule has 1 atom stereocenters. The van der Waals surface area contributed by atoms with Crippen LogP contribution in [-0.4, -0.2) is 23.7 Å². The highest BCUT2D eigenvalue weighted by molar-refractivity contribution is 5.34. The summed E-state index contributed by atoms with van der Waals surface area (Å²) in [6.45, 7) is 0. The number of hydrogen-bond donors (Lipinski definition) is 1. The van der Waals surface area contributed by atoms with Gasteiger partial charge in [0, 0.05) is 13.2 Å². The Morgan fingerprint density at radius 3 is 2.78 bits per heavy atom. The van der Waals surface area contributed by atoms with E-state index in [-0.39, 0.29) is 6.04 Å². The molecule has 18 heavy (non-hydrogen) atoms.